The van der Waals surface area contributed by atoms with Crippen LogP contribution < -0.4 is 10.2 Å². The van der Waals surface area contributed by atoms with E-state index in [-0.39, 0.29) is 0 Å². The van der Waals surface area contributed by atoms with Crippen molar-refractivity contribution in [2.24, 2.45) is 0 Å². The van der Waals surface area contributed by atoms with Gasteiger partial charge in [0.2, 0.25) is 0 Å². The zero-order chi connectivity index (χ0) is 12.1. The van der Waals surface area contributed by atoms with E-state index in [1.165, 1.54) is 25.7 Å². The molecule has 1 fully saturated rings. The molecule has 1 N–H and O–H groups in total. The van der Waals surface area contributed by atoms with Crippen LogP contribution in [0.3, 0.4) is 0 Å². The van der Waals surface area contributed by atoms with E-state index in [4.69, 9.17) is 0 Å². The summed E-state index contributed by atoms with van der Waals surface area (Å²) in [6.07, 6.45) is 6.98. The SMILES string of the molecule is CCNC1CCC(N(C)c2ccccn2)CC1. The van der Waals surface area contributed by atoms with Crippen LogP contribution in [0, 0.1) is 0 Å². The molecule has 0 atom stereocenters. The van der Waals surface area contributed by atoms with E-state index < -0.39 is 0 Å². The molecule has 0 unspecified atom stereocenters. The number of aromatic nitrogens is 1. The van der Waals surface area contributed by atoms with Gasteiger partial charge in [-0.15, -0.1) is 0 Å². The fourth-order valence-corrected chi connectivity index (χ4v) is 2.71. The Bertz CT molecular complexity index is 317. The largest absolute Gasteiger partial charge is 0.357 e. The zero-order valence-electron chi connectivity index (χ0n) is 10.9. The number of anilines is 1. The van der Waals surface area contributed by atoms with Crippen molar-refractivity contribution < 1.29 is 0 Å². The third-order valence-corrected chi connectivity index (χ3v) is 3.75. The first-order valence-corrected chi connectivity index (χ1v) is 6.68. The van der Waals surface area contributed by atoms with Crippen molar-refractivity contribution in [2.45, 2.75) is 44.7 Å². The average Bonchev–Trinajstić information content (AvgIpc) is 2.40. The predicted octanol–water partition coefficient (Wildman–Crippen LogP) is 2.44. The first-order chi connectivity index (χ1) is 8.31. The lowest BCUT2D eigenvalue weighted by Crippen LogP contribution is -2.41. The smallest absolute Gasteiger partial charge is 0.128 e. The average molecular weight is 233 g/mol. The molecule has 0 radical (unpaired) electrons. The Labute approximate surface area is 104 Å². The van der Waals surface area contributed by atoms with Crippen LogP contribution in [-0.4, -0.2) is 30.7 Å². The van der Waals surface area contributed by atoms with Crippen LogP contribution in [0.25, 0.3) is 0 Å². The molecule has 0 aromatic carbocycles. The quantitative estimate of drug-likeness (QED) is 0.865. The van der Waals surface area contributed by atoms with Crippen molar-refractivity contribution in [1.29, 1.82) is 0 Å². The van der Waals surface area contributed by atoms with Crippen LogP contribution in [0.2, 0.25) is 0 Å². The second kappa shape index (κ2) is 6.01. The standard InChI is InChI=1S/C14H23N3/c1-3-15-12-7-9-13(10-8-12)17(2)14-6-4-5-11-16-14/h4-6,11-13,15H,3,7-10H2,1-2H3. The highest BCUT2D eigenvalue weighted by atomic mass is 15.2. The molecular formula is C14H23N3. The molecule has 0 spiro atoms. The van der Waals surface area contributed by atoms with Crippen LogP contribution in [0.1, 0.15) is 32.6 Å². The molecule has 0 saturated heterocycles. The summed E-state index contributed by atoms with van der Waals surface area (Å²) in [5.74, 6) is 1.10. The van der Waals surface area contributed by atoms with E-state index >= 15 is 0 Å². The van der Waals surface area contributed by atoms with E-state index in [0.29, 0.717) is 6.04 Å². The number of rotatable bonds is 4. The van der Waals surface area contributed by atoms with Gasteiger partial charge < -0.3 is 10.2 Å². The Balaban J connectivity index is 1.88. The minimum Gasteiger partial charge on any atom is -0.357 e. The number of nitrogens with one attached hydrogen (secondary N) is 1. The maximum atomic E-state index is 4.42. The summed E-state index contributed by atoms with van der Waals surface area (Å²) in [5, 5.41) is 3.55. The van der Waals surface area contributed by atoms with Crippen molar-refractivity contribution in [3.63, 3.8) is 0 Å². The third-order valence-electron chi connectivity index (χ3n) is 3.75. The maximum Gasteiger partial charge on any atom is 0.128 e. The second-order valence-electron chi connectivity index (χ2n) is 4.86. The minimum absolute atomic E-state index is 0.653. The summed E-state index contributed by atoms with van der Waals surface area (Å²) in [5.41, 5.74) is 0. The molecule has 3 heteroatoms. The highest BCUT2D eigenvalue weighted by Gasteiger charge is 2.23. The van der Waals surface area contributed by atoms with Gasteiger partial charge in [-0.3, -0.25) is 0 Å². The molecule has 0 bridgehead atoms. The first kappa shape index (κ1) is 12.4. The van der Waals surface area contributed by atoms with Gasteiger partial charge in [-0.05, 0) is 44.4 Å². The normalized spacial score (nSPS) is 24.6. The Morgan fingerprint density at radius 3 is 2.65 bits per heavy atom. The summed E-state index contributed by atoms with van der Waals surface area (Å²) in [6, 6.07) is 7.51. The summed E-state index contributed by atoms with van der Waals surface area (Å²) in [6.45, 7) is 3.28. The first-order valence-electron chi connectivity index (χ1n) is 6.68. The topological polar surface area (TPSA) is 28.2 Å². The molecule has 0 amide bonds. The third kappa shape index (κ3) is 3.19. The van der Waals surface area contributed by atoms with Crippen molar-refractivity contribution in [3.8, 4) is 0 Å². The van der Waals surface area contributed by atoms with Gasteiger partial charge in [0.05, 0.1) is 0 Å². The monoisotopic (exact) mass is 233 g/mol. The number of hydrogen-bond acceptors (Lipinski definition) is 3. The van der Waals surface area contributed by atoms with Crippen LogP contribution in [0.15, 0.2) is 24.4 Å². The lowest BCUT2D eigenvalue weighted by Gasteiger charge is -2.35. The van der Waals surface area contributed by atoms with Gasteiger partial charge in [-0.1, -0.05) is 13.0 Å². The van der Waals surface area contributed by atoms with Gasteiger partial charge in [0.1, 0.15) is 5.82 Å². The molecule has 2 rings (SSSR count). The lowest BCUT2D eigenvalue weighted by atomic mass is 9.90. The van der Waals surface area contributed by atoms with Crippen LogP contribution in [0.4, 0.5) is 5.82 Å². The Morgan fingerprint density at radius 1 is 1.29 bits per heavy atom. The molecule has 1 aromatic rings. The fourth-order valence-electron chi connectivity index (χ4n) is 2.71. The van der Waals surface area contributed by atoms with Gasteiger partial charge >= 0.3 is 0 Å². The van der Waals surface area contributed by atoms with Gasteiger partial charge in [0, 0.05) is 25.3 Å². The Kier molecular flexibility index (Phi) is 4.37. The Hall–Kier alpha value is -1.09. The van der Waals surface area contributed by atoms with Crippen LogP contribution >= 0.6 is 0 Å². The van der Waals surface area contributed by atoms with E-state index in [1.54, 1.807) is 0 Å². The van der Waals surface area contributed by atoms with E-state index in [2.05, 4.69) is 41.3 Å². The number of nitrogens with zero attached hydrogens (tertiary/aromatic N) is 2. The van der Waals surface area contributed by atoms with Crippen molar-refractivity contribution >= 4 is 5.82 Å². The summed E-state index contributed by atoms with van der Waals surface area (Å²) in [4.78, 5) is 6.75. The molecule has 1 saturated carbocycles. The predicted molar refractivity (Wildman–Crippen MR) is 72.4 cm³/mol. The molecule has 1 aromatic heterocycles. The Morgan fingerprint density at radius 2 is 2.06 bits per heavy atom. The van der Waals surface area contributed by atoms with Gasteiger partial charge in [0.25, 0.3) is 0 Å². The van der Waals surface area contributed by atoms with Crippen LogP contribution in [-0.2, 0) is 0 Å². The minimum atomic E-state index is 0.653. The lowest BCUT2D eigenvalue weighted by molar-refractivity contribution is 0.340. The summed E-state index contributed by atoms with van der Waals surface area (Å²) >= 11 is 0. The molecule has 1 aliphatic rings. The van der Waals surface area contributed by atoms with Crippen molar-refractivity contribution in [3.05, 3.63) is 24.4 Å². The maximum absolute atomic E-state index is 4.42. The number of hydrogen-bond donors (Lipinski definition) is 1. The fraction of sp³-hybridized carbons (Fsp3) is 0.643. The molecule has 0 aliphatic heterocycles. The second-order valence-corrected chi connectivity index (χ2v) is 4.86. The molecule has 1 heterocycles. The molecule has 94 valence electrons. The molecular weight excluding hydrogens is 210 g/mol. The van der Waals surface area contributed by atoms with E-state index in [1.807, 2.05) is 12.3 Å². The summed E-state index contributed by atoms with van der Waals surface area (Å²) in [7, 11) is 2.17. The van der Waals surface area contributed by atoms with E-state index in [9.17, 15) is 0 Å². The van der Waals surface area contributed by atoms with Gasteiger partial charge in [-0.25, -0.2) is 4.98 Å². The van der Waals surface area contributed by atoms with Crippen LogP contribution in [0.5, 0.6) is 0 Å². The zero-order valence-corrected chi connectivity index (χ0v) is 10.9. The molecule has 3 nitrogen and oxygen atoms in total. The molecule has 17 heavy (non-hydrogen) atoms. The highest BCUT2D eigenvalue weighted by Crippen LogP contribution is 2.25. The van der Waals surface area contributed by atoms with Gasteiger partial charge in [0.15, 0.2) is 0 Å². The van der Waals surface area contributed by atoms with Crippen molar-refractivity contribution in [1.82, 2.24) is 10.3 Å². The van der Waals surface area contributed by atoms with Crippen molar-refractivity contribution in [2.75, 3.05) is 18.5 Å². The number of pyridine rings is 1. The van der Waals surface area contributed by atoms with E-state index in [0.717, 1.165) is 18.4 Å². The summed E-state index contributed by atoms with van der Waals surface area (Å²) < 4.78 is 0. The highest BCUT2D eigenvalue weighted by molar-refractivity contribution is 5.37. The van der Waals surface area contributed by atoms with Gasteiger partial charge in [-0.2, -0.15) is 0 Å². The molecule has 1 aliphatic carbocycles.